The normalized spacial score (nSPS) is 10.5. The maximum absolute atomic E-state index is 12.2. The summed E-state index contributed by atoms with van der Waals surface area (Å²) in [5.41, 5.74) is 2.10. The highest BCUT2D eigenvalue weighted by Gasteiger charge is 2.24. The van der Waals surface area contributed by atoms with Crippen LogP contribution in [0, 0.1) is 23.7 Å². The monoisotopic (exact) mass is 322 g/mol. The second-order valence-corrected chi connectivity index (χ2v) is 5.16. The Morgan fingerprint density at radius 2 is 2.12 bits per heavy atom. The van der Waals surface area contributed by atoms with Crippen molar-refractivity contribution in [1.82, 2.24) is 10.2 Å². The van der Waals surface area contributed by atoms with Crippen LogP contribution in [0.2, 0.25) is 0 Å². The first-order valence-corrected chi connectivity index (χ1v) is 7.30. The maximum atomic E-state index is 12.2. The zero-order valence-electron chi connectivity index (χ0n) is 13.1. The van der Waals surface area contributed by atoms with Crippen molar-refractivity contribution in [1.29, 1.82) is 10.7 Å². The van der Waals surface area contributed by atoms with Crippen molar-refractivity contribution in [3.63, 3.8) is 0 Å². The van der Waals surface area contributed by atoms with Crippen molar-refractivity contribution < 1.29 is 13.9 Å². The van der Waals surface area contributed by atoms with Crippen molar-refractivity contribution in [2.45, 2.75) is 13.8 Å². The number of aryl methyl sites for hydroxylation is 1. The lowest BCUT2D eigenvalue weighted by atomic mass is 9.97. The van der Waals surface area contributed by atoms with Gasteiger partial charge in [0, 0.05) is 5.56 Å². The van der Waals surface area contributed by atoms with Crippen LogP contribution >= 0.6 is 0 Å². The van der Waals surface area contributed by atoms with Crippen molar-refractivity contribution in [3.8, 4) is 17.2 Å². The van der Waals surface area contributed by atoms with Gasteiger partial charge in [-0.1, -0.05) is 29.8 Å². The number of carbonyl (C=O) groups excluding carboxylic acids is 1. The molecule has 0 amide bonds. The number of nitriles is 1. The summed E-state index contributed by atoms with van der Waals surface area (Å²) in [6, 6.07) is 9.41. The molecule has 0 bridgehead atoms. The Morgan fingerprint density at radius 3 is 2.75 bits per heavy atom. The van der Waals surface area contributed by atoms with Gasteiger partial charge in [-0.2, -0.15) is 5.26 Å². The highest BCUT2D eigenvalue weighted by molar-refractivity contribution is 6.07. The quantitative estimate of drug-likeness (QED) is 0.719. The number of hydrogen-bond donors (Lipinski definition) is 2. The maximum Gasteiger partial charge on any atom is 0.357 e. The van der Waals surface area contributed by atoms with E-state index in [0.29, 0.717) is 16.5 Å². The van der Waals surface area contributed by atoms with E-state index in [9.17, 15) is 10.1 Å². The summed E-state index contributed by atoms with van der Waals surface area (Å²) >= 11 is 0. The average molecular weight is 322 g/mol. The lowest BCUT2D eigenvalue weighted by Crippen LogP contribution is -2.09. The van der Waals surface area contributed by atoms with E-state index in [1.165, 1.54) is 0 Å². The summed E-state index contributed by atoms with van der Waals surface area (Å²) in [5.74, 6) is -0.592. The topological polar surface area (TPSA) is 116 Å². The molecule has 3 aromatic rings. The van der Waals surface area contributed by atoms with Gasteiger partial charge in [0.05, 0.1) is 12.0 Å². The van der Waals surface area contributed by atoms with Crippen molar-refractivity contribution >= 4 is 17.1 Å². The number of esters is 1. The van der Waals surface area contributed by atoms with E-state index < -0.39 is 5.97 Å². The number of fused-ring (bicyclic) bond motifs is 1. The lowest BCUT2D eigenvalue weighted by Gasteiger charge is -2.07. The fourth-order valence-corrected chi connectivity index (χ4v) is 2.48. The van der Waals surface area contributed by atoms with Crippen LogP contribution in [0.4, 0.5) is 0 Å². The van der Waals surface area contributed by atoms with Crippen LogP contribution in [0.25, 0.3) is 22.2 Å². The summed E-state index contributed by atoms with van der Waals surface area (Å²) in [5, 5.41) is 24.3. The van der Waals surface area contributed by atoms with Crippen LogP contribution in [0.1, 0.15) is 28.5 Å². The zero-order valence-corrected chi connectivity index (χ0v) is 13.1. The summed E-state index contributed by atoms with van der Waals surface area (Å²) in [6.07, 6.45) is 0. The zero-order chi connectivity index (χ0) is 17.3. The van der Waals surface area contributed by atoms with Crippen LogP contribution in [0.5, 0.6) is 0 Å². The van der Waals surface area contributed by atoms with Crippen molar-refractivity contribution in [2.24, 2.45) is 0 Å². The average Bonchev–Trinajstić information content (AvgIpc) is 2.98. The van der Waals surface area contributed by atoms with Crippen LogP contribution < -0.4 is 5.55 Å². The van der Waals surface area contributed by atoms with Gasteiger partial charge in [0.2, 0.25) is 11.3 Å². The third kappa shape index (κ3) is 2.44. The fourth-order valence-electron chi connectivity index (χ4n) is 2.48. The first-order chi connectivity index (χ1) is 11.6. The Kier molecular flexibility index (Phi) is 3.88. The van der Waals surface area contributed by atoms with E-state index in [2.05, 4.69) is 10.2 Å². The summed E-state index contributed by atoms with van der Waals surface area (Å²) in [6.45, 7) is 3.85. The number of rotatable bonds is 3. The highest BCUT2D eigenvalue weighted by Crippen LogP contribution is 2.32. The van der Waals surface area contributed by atoms with Crippen LogP contribution in [0.3, 0.4) is 0 Å². The molecule has 1 aromatic carbocycles. The van der Waals surface area contributed by atoms with Gasteiger partial charge in [-0.05, 0) is 19.4 Å². The molecule has 7 heteroatoms. The molecule has 0 spiro atoms. The fraction of sp³-hybridized carbons (Fsp3) is 0.176. The minimum atomic E-state index is -0.592. The molecule has 24 heavy (non-hydrogen) atoms. The van der Waals surface area contributed by atoms with Gasteiger partial charge in [-0.25, -0.2) is 4.79 Å². The molecule has 0 aliphatic rings. The third-order valence-electron chi connectivity index (χ3n) is 3.59. The Balaban J connectivity index is 2.41. The summed E-state index contributed by atoms with van der Waals surface area (Å²) in [4.78, 5) is 12.2. The third-order valence-corrected chi connectivity index (χ3v) is 3.59. The van der Waals surface area contributed by atoms with Gasteiger partial charge in [-0.15, -0.1) is 5.10 Å². The molecule has 0 fully saturated rings. The molecule has 2 heterocycles. The Labute approximate surface area is 137 Å². The summed E-state index contributed by atoms with van der Waals surface area (Å²) in [7, 11) is 0. The summed E-state index contributed by atoms with van der Waals surface area (Å²) < 4.78 is 10.3. The number of H-pyrrole nitrogens is 1. The van der Waals surface area contributed by atoms with Crippen LogP contribution in [0.15, 0.2) is 28.7 Å². The molecule has 0 saturated carbocycles. The van der Waals surface area contributed by atoms with Crippen molar-refractivity contribution in [2.75, 3.05) is 6.61 Å². The van der Waals surface area contributed by atoms with Gasteiger partial charge in [0.25, 0.3) is 0 Å². The van der Waals surface area contributed by atoms with E-state index in [-0.39, 0.29) is 29.1 Å². The second-order valence-electron chi connectivity index (χ2n) is 5.16. The van der Waals surface area contributed by atoms with E-state index in [1.807, 2.05) is 37.3 Å². The Bertz CT molecular complexity index is 1020. The Hall–Kier alpha value is -3.40. The highest BCUT2D eigenvalue weighted by atomic mass is 16.5. The number of nitrogens with one attached hydrogen (secondary N) is 2. The van der Waals surface area contributed by atoms with E-state index in [4.69, 9.17) is 14.6 Å². The van der Waals surface area contributed by atoms with Crippen LogP contribution in [-0.4, -0.2) is 22.8 Å². The van der Waals surface area contributed by atoms with Gasteiger partial charge >= 0.3 is 5.97 Å². The van der Waals surface area contributed by atoms with Gasteiger partial charge < -0.3 is 9.15 Å². The van der Waals surface area contributed by atoms with Gasteiger partial charge in [0.1, 0.15) is 11.6 Å². The molecule has 120 valence electrons. The van der Waals surface area contributed by atoms with Crippen LogP contribution in [-0.2, 0) is 4.74 Å². The second kappa shape index (κ2) is 6.01. The van der Waals surface area contributed by atoms with Gasteiger partial charge in [0.15, 0.2) is 5.69 Å². The molecular formula is C17H14N4O3. The molecule has 0 aliphatic heterocycles. The minimum absolute atomic E-state index is 0.0401. The molecule has 3 rings (SSSR count). The number of aromatic nitrogens is 2. The SMILES string of the molecule is CCOC(=O)c1[nH]nc2oc(=N)c(C#N)c(-c3ccc(C)cc3)c12. The predicted octanol–water partition coefficient (Wildman–Crippen LogP) is 2.66. The standard InChI is InChI=1S/C17H14N4O3/c1-3-23-17(22)14-13-12(10-6-4-9(2)5-7-10)11(8-18)15(19)24-16(13)21-20-14/h4-7,19H,3H2,1-2H3,(H,20,21). The van der Waals surface area contributed by atoms with E-state index in [0.717, 1.165) is 5.56 Å². The number of aromatic amines is 1. The first-order valence-electron chi connectivity index (χ1n) is 7.30. The largest absolute Gasteiger partial charge is 0.461 e. The number of hydrogen-bond acceptors (Lipinski definition) is 6. The predicted molar refractivity (Wildman–Crippen MR) is 85.1 cm³/mol. The molecular weight excluding hydrogens is 308 g/mol. The molecule has 2 N–H and O–H groups in total. The molecule has 0 saturated heterocycles. The van der Waals surface area contributed by atoms with E-state index >= 15 is 0 Å². The van der Waals surface area contributed by atoms with E-state index in [1.54, 1.807) is 6.92 Å². The molecule has 0 radical (unpaired) electrons. The minimum Gasteiger partial charge on any atom is -0.461 e. The number of nitrogens with zero attached hydrogens (tertiary/aromatic N) is 2. The molecule has 0 atom stereocenters. The van der Waals surface area contributed by atoms with Crippen molar-refractivity contribution in [3.05, 3.63) is 46.6 Å². The first kappa shape index (κ1) is 15.5. The number of ether oxygens (including phenoxy) is 1. The molecule has 2 aromatic heterocycles. The Morgan fingerprint density at radius 1 is 1.42 bits per heavy atom. The number of carbonyl (C=O) groups is 1. The lowest BCUT2D eigenvalue weighted by molar-refractivity contribution is 0.0521. The molecule has 0 unspecified atom stereocenters. The van der Waals surface area contributed by atoms with Gasteiger partial charge in [-0.3, -0.25) is 10.5 Å². The number of benzene rings is 1. The molecule has 7 nitrogen and oxygen atoms in total. The molecule has 0 aliphatic carbocycles. The smallest absolute Gasteiger partial charge is 0.357 e.